The summed E-state index contributed by atoms with van der Waals surface area (Å²) < 4.78 is 5.47. The number of anilines is 1. The van der Waals surface area contributed by atoms with Gasteiger partial charge in [-0.3, -0.25) is 9.59 Å². The minimum atomic E-state index is -0.417. The van der Waals surface area contributed by atoms with Crippen LogP contribution in [0.15, 0.2) is 33.7 Å². The van der Waals surface area contributed by atoms with E-state index in [1.807, 2.05) is 18.2 Å². The molecule has 9 nitrogen and oxygen atoms in total. The Morgan fingerprint density at radius 1 is 1.27 bits per heavy atom. The smallest absolute Gasteiger partial charge is 0.284 e. The highest BCUT2D eigenvalue weighted by Gasteiger charge is 2.34. The van der Waals surface area contributed by atoms with Gasteiger partial charge in [-0.25, -0.2) is 10.1 Å². The van der Waals surface area contributed by atoms with Crippen LogP contribution in [-0.2, 0) is 4.79 Å². The van der Waals surface area contributed by atoms with Gasteiger partial charge < -0.3 is 20.4 Å². The summed E-state index contributed by atoms with van der Waals surface area (Å²) in [5, 5.41) is 9.81. The number of amides is 2. The SMILES string of the molecule is NCCCC(=NC(=O)c1cccc(N2CCCC2)c1)C(=O)N[C@H]1CCC[C@H]1c1n[nH]c(=S)o1. The van der Waals surface area contributed by atoms with Gasteiger partial charge in [0.1, 0.15) is 5.71 Å². The Labute approximate surface area is 197 Å². The summed E-state index contributed by atoms with van der Waals surface area (Å²) in [6, 6.07) is 7.30. The Kier molecular flexibility index (Phi) is 7.66. The van der Waals surface area contributed by atoms with Crippen molar-refractivity contribution in [3.63, 3.8) is 0 Å². The monoisotopic (exact) mass is 470 g/mol. The highest BCUT2D eigenvalue weighted by Crippen LogP contribution is 2.33. The number of carbonyl (C=O) groups excluding carboxylic acids is 2. The van der Waals surface area contributed by atoms with Gasteiger partial charge in [0.05, 0.1) is 5.92 Å². The molecule has 1 aromatic heterocycles. The number of aromatic nitrogens is 2. The molecule has 10 heteroatoms. The third-order valence-corrected chi connectivity index (χ3v) is 6.46. The molecule has 1 aliphatic heterocycles. The molecule has 2 atom stereocenters. The molecule has 4 N–H and O–H groups in total. The fourth-order valence-electron chi connectivity index (χ4n) is 4.57. The fraction of sp³-hybridized carbons (Fsp3) is 0.522. The summed E-state index contributed by atoms with van der Waals surface area (Å²) >= 11 is 4.98. The number of aliphatic imine (C=N–C) groups is 1. The van der Waals surface area contributed by atoms with E-state index >= 15 is 0 Å². The van der Waals surface area contributed by atoms with E-state index in [4.69, 9.17) is 22.4 Å². The second kappa shape index (κ2) is 10.8. The molecule has 0 bridgehead atoms. The molecule has 1 aromatic carbocycles. The maximum Gasteiger partial charge on any atom is 0.284 e. The van der Waals surface area contributed by atoms with Gasteiger partial charge in [-0.2, -0.15) is 0 Å². The third-order valence-electron chi connectivity index (χ3n) is 6.28. The van der Waals surface area contributed by atoms with Gasteiger partial charge in [-0.05, 0) is 75.5 Å². The normalized spacial score (nSPS) is 20.9. The molecule has 1 aliphatic carbocycles. The number of aromatic amines is 1. The number of nitrogens with one attached hydrogen (secondary N) is 2. The Bertz CT molecular complexity index is 1070. The number of nitrogens with two attached hydrogens (primary N) is 1. The van der Waals surface area contributed by atoms with Crippen LogP contribution in [0.3, 0.4) is 0 Å². The predicted molar refractivity (Wildman–Crippen MR) is 128 cm³/mol. The van der Waals surface area contributed by atoms with Crippen molar-refractivity contribution in [3.8, 4) is 0 Å². The molecule has 1 saturated heterocycles. The van der Waals surface area contributed by atoms with E-state index in [1.54, 1.807) is 6.07 Å². The Hall–Kier alpha value is -2.85. The molecule has 33 heavy (non-hydrogen) atoms. The van der Waals surface area contributed by atoms with Crippen LogP contribution >= 0.6 is 12.2 Å². The van der Waals surface area contributed by atoms with E-state index < -0.39 is 5.91 Å². The van der Waals surface area contributed by atoms with Crippen LogP contribution in [0.1, 0.15) is 67.1 Å². The van der Waals surface area contributed by atoms with E-state index in [2.05, 4.69) is 25.4 Å². The van der Waals surface area contributed by atoms with Crippen LogP contribution in [-0.4, -0.2) is 53.4 Å². The first kappa shape index (κ1) is 23.3. The zero-order valence-electron chi connectivity index (χ0n) is 18.6. The van der Waals surface area contributed by atoms with Crippen molar-refractivity contribution in [1.82, 2.24) is 15.5 Å². The van der Waals surface area contributed by atoms with Crippen molar-refractivity contribution in [2.45, 2.75) is 56.9 Å². The standard InChI is InChI=1S/C23H30N6O3S/c24-11-5-10-19(21(31)25-18-9-4-8-17(18)22-27-28-23(33)32-22)26-20(30)15-6-3-7-16(14-15)29-12-1-2-13-29/h3,6-7,14,17-18H,1-2,4-5,8-13,24H2,(H,25,31)(H,28,33)/t17-,18+/m1/s1. The van der Waals surface area contributed by atoms with Crippen molar-refractivity contribution < 1.29 is 14.0 Å². The van der Waals surface area contributed by atoms with Gasteiger partial charge >= 0.3 is 0 Å². The quantitative estimate of drug-likeness (QED) is 0.399. The molecule has 4 rings (SSSR count). The lowest BCUT2D eigenvalue weighted by Crippen LogP contribution is -2.41. The van der Waals surface area contributed by atoms with Crippen molar-refractivity contribution in [2.75, 3.05) is 24.5 Å². The van der Waals surface area contributed by atoms with E-state index in [0.717, 1.165) is 50.9 Å². The van der Waals surface area contributed by atoms with Gasteiger partial charge in [-0.1, -0.05) is 12.5 Å². The lowest BCUT2D eigenvalue weighted by Gasteiger charge is -2.19. The second-order valence-corrected chi connectivity index (χ2v) is 8.94. The molecule has 176 valence electrons. The van der Waals surface area contributed by atoms with Crippen molar-refractivity contribution in [2.24, 2.45) is 10.7 Å². The van der Waals surface area contributed by atoms with Crippen LogP contribution in [0.2, 0.25) is 0 Å². The summed E-state index contributed by atoms with van der Waals surface area (Å²) in [6.07, 6.45) is 5.77. The fourth-order valence-corrected chi connectivity index (χ4v) is 4.70. The topological polar surface area (TPSA) is 130 Å². The average Bonchev–Trinajstić information content (AvgIpc) is 3.58. The molecular weight excluding hydrogens is 440 g/mol. The first-order valence-corrected chi connectivity index (χ1v) is 12.0. The minimum Gasteiger partial charge on any atom is -0.414 e. The van der Waals surface area contributed by atoms with Crippen LogP contribution in [0.5, 0.6) is 0 Å². The number of carbonyl (C=O) groups is 2. The summed E-state index contributed by atoms with van der Waals surface area (Å²) in [5.41, 5.74) is 7.35. The first-order chi connectivity index (χ1) is 16.0. The Morgan fingerprint density at radius 2 is 2.09 bits per heavy atom. The molecular formula is C23H30N6O3S. The molecule has 2 aliphatic rings. The maximum atomic E-state index is 13.1. The summed E-state index contributed by atoms with van der Waals surface area (Å²) in [5.74, 6) is -0.332. The van der Waals surface area contributed by atoms with E-state index in [1.165, 1.54) is 0 Å². The molecule has 0 spiro atoms. The maximum absolute atomic E-state index is 13.1. The number of benzene rings is 1. The Morgan fingerprint density at radius 3 is 2.82 bits per heavy atom. The van der Waals surface area contributed by atoms with Crippen LogP contribution < -0.4 is 16.0 Å². The third kappa shape index (κ3) is 5.75. The van der Waals surface area contributed by atoms with Crippen LogP contribution in [0, 0.1) is 4.84 Å². The number of rotatable bonds is 8. The summed E-state index contributed by atoms with van der Waals surface area (Å²) in [7, 11) is 0. The van der Waals surface area contributed by atoms with Crippen LogP contribution in [0.25, 0.3) is 0 Å². The van der Waals surface area contributed by atoms with Gasteiger partial charge in [-0.15, -0.1) is 5.10 Å². The largest absolute Gasteiger partial charge is 0.414 e. The van der Waals surface area contributed by atoms with Crippen molar-refractivity contribution >= 4 is 35.4 Å². The van der Waals surface area contributed by atoms with Gasteiger partial charge in [0.25, 0.3) is 16.7 Å². The predicted octanol–water partition coefficient (Wildman–Crippen LogP) is 3.10. The molecule has 2 fully saturated rings. The molecule has 1 saturated carbocycles. The molecule has 2 amide bonds. The van der Waals surface area contributed by atoms with E-state index in [9.17, 15) is 9.59 Å². The minimum absolute atomic E-state index is 0.0643. The summed E-state index contributed by atoms with van der Waals surface area (Å²) in [4.78, 5) is 32.8. The molecule has 2 heterocycles. The van der Waals surface area contributed by atoms with Gasteiger partial charge in [0, 0.05) is 30.4 Å². The second-order valence-electron chi connectivity index (χ2n) is 8.57. The highest BCUT2D eigenvalue weighted by atomic mass is 32.1. The lowest BCUT2D eigenvalue weighted by molar-refractivity contribution is -0.115. The van der Waals surface area contributed by atoms with Crippen LogP contribution in [0.4, 0.5) is 5.69 Å². The zero-order chi connectivity index (χ0) is 23.2. The summed E-state index contributed by atoms with van der Waals surface area (Å²) in [6.45, 7) is 2.39. The number of hydrogen-bond acceptors (Lipinski definition) is 7. The molecule has 2 aromatic rings. The molecule has 0 unspecified atom stereocenters. The van der Waals surface area contributed by atoms with E-state index in [0.29, 0.717) is 30.8 Å². The highest BCUT2D eigenvalue weighted by molar-refractivity contribution is 7.71. The lowest BCUT2D eigenvalue weighted by atomic mass is 10.0. The number of nitrogens with zero attached hydrogens (tertiary/aromatic N) is 3. The van der Waals surface area contributed by atoms with Gasteiger partial charge in [0.2, 0.25) is 5.89 Å². The van der Waals surface area contributed by atoms with Crippen molar-refractivity contribution in [3.05, 3.63) is 40.6 Å². The number of hydrogen-bond donors (Lipinski definition) is 3. The number of H-pyrrole nitrogens is 1. The average molecular weight is 471 g/mol. The Balaban J connectivity index is 1.49. The van der Waals surface area contributed by atoms with Crippen molar-refractivity contribution in [1.29, 1.82) is 0 Å². The van der Waals surface area contributed by atoms with Gasteiger partial charge in [0.15, 0.2) is 0 Å². The first-order valence-electron chi connectivity index (χ1n) is 11.6. The molecule has 0 radical (unpaired) electrons. The zero-order valence-corrected chi connectivity index (χ0v) is 19.4. The van der Waals surface area contributed by atoms with E-state index in [-0.39, 0.29) is 28.4 Å².